The largest absolute Gasteiger partial charge is 0.478 e. The number of fused-ring (bicyclic) bond motifs is 2. The Hall–Kier alpha value is -4.81. The molecule has 52 heavy (non-hydrogen) atoms. The van der Waals surface area contributed by atoms with E-state index in [9.17, 15) is 14.4 Å². The Morgan fingerprint density at radius 1 is 0.788 bits per heavy atom. The SMILES string of the molecule is CN1CCc2c(nc(C(=O)Cc3cccc(-c4cccc(NC(=O)c5nc6c(n5C)CCN(CCc5ccc(C(=O)O)cc5)C6)c4Cl)c3Cl)n2C)C1. The van der Waals surface area contributed by atoms with Crippen molar-refractivity contribution in [3.63, 3.8) is 0 Å². The number of hydrogen-bond donors (Lipinski definition) is 2. The van der Waals surface area contributed by atoms with Gasteiger partial charge in [0.25, 0.3) is 5.91 Å². The van der Waals surface area contributed by atoms with Crippen LogP contribution in [-0.2, 0) is 52.9 Å². The van der Waals surface area contributed by atoms with E-state index in [0.717, 1.165) is 73.8 Å². The molecule has 11 nitrogen and oxygen atoms in total. The van der Waals surface area contributed by atoms with Crippen LogP contribution < -0.4 is 5.32 Å². The van der Waals surface area contributed by atoms with E-state index < -0.39 is 5.97 Å². The molecule has 0 bridgehead atoms. The topological polar surface area (TPSA) is 126 Å². The van der Waals surface area contributed by atoms with E-state index in [1.807, 2.05) is 66.7 Å². The van der Waals surface area contributed by atoms with Gasteiger partial charge in [0.1, 0.15) is 0 Å². The molecule has 0 radical (unpaired) electrons. The van der Waals surface area contributed by atoms with Gasteiger partial charge in [0.15, 0.2) is 11.6 Å². The van der Waals surface area contributed by atoms with Gasteiger partial charge < -0.3 is 24.5 Å². The number of nitrogens with zero attached hydrogens (tertiary/aromatic N) is 6. The molecular weight excluding hydrogens is 701 g/mol. The van der Waals surface area contributed by atoms with Crippen LogP contribution in [0, 0.1) is 0 Å². The van der Waals surface area contributed by atoms with Crippen LogP contribution >= 0.6 is 23.2 Å². The summed E-state index contributed by atoms with van der Waals surface area (Å²) in [6.45, 7) is 3.86. The Morgan fingerprint density at radius 3 is 2.15 bits per heavy atom. The summed E-state index contributed by atoms with van der Waals surface area (Å²) >= 11 is 13.9. The second-order valence-electron chi connectivity index (χ2n) is 13.5. The molecule has 0 fully saturated rings. The third-order valence-electron chi connectivity index (χ3n) is 10.1. The Bertz CT molecular complexity index is 2210. The summed E-state index contributed by atoms with van der Waals surface area (Å²) in [5.74, 6) is -0.710. The van der Waals surface area contributed by atoms with Crippen LogP contribution in [0.2, 0.25) is 10.0 Å². The van der Waals surface area contributed by atoms with Crippen molar-refractivity contribution in [1.82, 2.24) is 28.9 Å². The lowest BCUT2D eigenvalue weighted by molar-refractivity contribution is 0.0696. The van der Waals surface area contributed by atoms with Crippen molar-refractivity contribution in [3.8, 4) is 11.1 Å². The zero-order valence-electron chi connectivity index (χ0n) is 29.2. The molecule has 2 aromatic heterocycles. The second-order valence-corrected chi connectivity index (χ2v) is 14.3. The van der Waals surface area contributed by atoms with Crippen LogP contribution in [0.1, 0.15) is 65.5 Å². The summed E-state index contributed by atoms with van der Waals surface area (Å²) in [6, 6.07) is 17.9. The van der Waals surface area contributed by atoms with Gasteiger partial charge in [-0.15, -0.1) is 0 Å². The van der Waals surface area contributed by atoms with E-state index in [0.29, 0.717) is 50.6 Å². The fraction of sp³-hybridized carbons (Fsp3) is 0.308. The number of aromatic carboxylic acids is 1. The number of Topliss-reactive ketones (excluding diaryl/α,β-unsaturated/α-hetero) is 1. The standard InChI is InChI=1S/C39H39Cl2N7O4/c1-45-17-15-31-29(21-45)42-36(46(31)2)33(49)20-25-6-4-7-26(34(25)40)27-8-5-9-28(35(27)41)44-38(50)37-43-30-22-48(19-16-32(30)47(37)3)18-14-23-10-12-24(13-11-23)39(51)52/h4-13H,14-22H2,1-3H3,(H,44,50)(H,51,52). The molecule has 0 saturated heterocycles. The van der Waals surface area contributed by atoms with E-state index in [4.69, 9.17) is 33.3 Å². The second kappa shape index (κ2) is 14.7. The van der Waals surface area contributed by atoms with Gasteiger partial charge >= 0.3 is 5.97 Å². The molecule has 2 aliphatic heterocycles. The maximum atomic E-state index is 13.6. The highest BCUT2D eigenvalue weighted by molar-refractivity contribution is 6.39. The summed E-state index contributed by atoms with van der Waals surface area (Å²) in [6.07, 6.45) is 2.46. The molecule has 0 spiro atoms. The average molecular weight is 741 g/mol. The maximum absolute atomic E-state index is 13.6. The number of amides is 1. The fourth-order valence-corrected chi connectivity index (χ4v) is 7.75. The summed E-state index contributed by atoms with van der Waals surface area (Å²) in [5.41, 5.74) is 7.61. The van der Waals surface area contributed by atoms with Crippen molar-refractivity contribution in [3.05, 3.63) is 122 Å². The molecule has 2 N–H and O–H groups in total. The molecule has 0 saturated carbocycles. The zero-order valence-corrected chi connectivity index (χ0v) is 30.8. The van der Waals surface area contributed by atoms with Gasteiger partial charge in [-0.3, -0.25) is 14.5 Å². The van der Waals surface area contributed by atoms with Crippen LogP contribution in [0.4, 0.5) is 5.69 Å². The van der Waals surface area contributed by atoms with E-state index >= 15 is 0 Å². The van der Waals surface area contributed by atoms with Gasteiger partial charge in [-0.1, -0.05) is 65.7 Å². The van der Waals surface area contributed by atoms with Crippen LogP contribution in [-0.4, -0.2) is 78.4 Å². The first kappa shape index (κ1) is 35.6. The maximum Gasteiger partial charge on any atom is 0.335 e. The number of anilines is 1. The van der Waals surface area contributed by atoms with Crippen molar-refractivity contribution in [2.45, 2.75) is 38.8 Å². The van der Waals surface area contributed by atoms with Crippen LogP contribution in [0.15, 0.2) is 60.7 Å². The molecule has 0 atom stereocenters. The first-order valence-electron chi connectivity index (χ1n) is 17.2. The first-order valence-corrected chi connectivity index (χ1v) is 18.0. The molecule has 7 rings (SSSR count). The minimum absolute atomic E-state index is 0.0848. The number of halogens is 2. The number of rotatable bonds is 10. The van der Waals surface area contributed by atoms with Crippen molar-refractivity contribution in [2.24, 2.45) is 14.1 Å². The number of benzene rings is 3. The van der Waals surface area contributed by atoms with Gasteiger partial charge in [0.2, 0.25) is 5.78 Å². The molecule has 5 aromatic rings. The van der Waals surface area contributed by atoms with E-state index in [1.54, 1.807) is 24.3 Å². The molecule has 1 amide bonds. The third-order valence-corrected chi connectivity index (χ3v) is 11.0. The number of likely N-dealkylation sites (N-methyl/N-ethyl adjacent to an activating group) is 1. The van der Waals surface area contributed by atoms with Gasteiger partial charge in [0, 0.05) is 88.6 Å². The van der Waals surface area contributed by atoms with Crippen molar-refractivity contribution in [1.29, 1.82) is 0 Å². The summed E-state index contributed by atoms with van der Waals surface area (Å²) < 4.78 is 3.75. The molecule has 13 heteroatoms. The minimum Gasteiger partial charge on any atom is -0.478 e. The Morgan fingerprint density at radius 2 is 1.42 bits per heavy atom. The Labute approximate surface area is 311 Å². The summed E-state index contributed by atoms with van der Waals surface area (Å²) in [7, 11) is 5.79. The van der Waals surface area contributed by atoms with Crippen molar-refractivity contribution < 1.29 is 19.5 Å². The number of ketones is 1. The fourth-order valence-electron chi connectivity index (χ4n) is 7.18. The molecular formula is C39H39Cl2N7O4. The third kappa shape index (κ3) is 7.01. The van der Waals surface area contributed by atoms with Gasteiger partial charge in [-0.2, -0.15) is 0 Å². The average Bonchev–Trinajstić information content (AvgIpc) is 3.64. The Kier molecular flexibility index (Phi) is 10.0. The van der Waals surface area contributed by atoms with Crippen molar-refractivity contribution >= 4 is 46.5 Å². The normalized spacial score (nSPS) is 14.6. The molecule has 0 aliphatic carbocycles. The van der Waals surface area contributed by atoms with E-state index in [1.165, 1.54) is 0 Å². The highest BCUT2D eigenvalue weighted by atomic mass is 35.5. The molecule has 0 unspecified atom stereocenters. The van der Waals surface area contributed by atoms with Crippen LogP contribution in [0.3, 0.4) is 0 Å². The number of imidazole rings is 2. The smallest absolute Gasteiger partial charge is 0.335 e. The summed E-state index contributed by atoms with van der Waals surface area (Å²) in [5, 5.41) is 12.9. The van der Waals surface area contributed by atoms with Gasteiger partial charge in [0.05, 0.1) is 32.7 Å². The van der Waals surface area contributed by atoms with Gasteiger partial charge in [-0.05, 0) is 42.8 Å². The van der Waals surface area contributed by atoms with Gasteiger partial charge in [-0.25, -0.2) is 14.8 Å². The molecule has 4 heterocycles. The van der Waals surface area contributed by atoms with Crippen LogP contribution in [0.5, 0.6) is 0 Å². The number of aromatic nitrogens is 4. The monoisotopic (exact) mass is 739 g/mol. The predicted octanol–water partition coefficient (Wildman–Crippen LogP) is 6.09. The Balaban J connectivity index is 1.04. The van der Waals surface area contributed by atoms with E-state index in [-0.39, 0.29) is 23.7 Å². The van der Waals surface area contributed by atoms with Crippen molar-refractivity contribution in [2.75, 3.05) is 32.0 Å². The van der Waals surface area contributed by atoms with E-state index in [2.05, 4.69) is 20.1 Å². The minimum atomic E-state index is -0.938. The number of carbonyl (C=O) groups is 3. The number of carboxylic acid groups (broad SMARTS) is 1. The highest BCUT2D eigenvalue weighted by Gasteiger charge is 2.27. The van der Waals surface area contributed by atoms with Crippen LogP contribution in [0.25, 0.3) is 11.1 Å². The molecule has 3 aromatic carbocycles. The summed E-state index contributed by atoms with van der Waals surface area (Å²) in [4.78, 5) is 52.2. The lowest BCUT2D eigenvalue weighted by Crippen LogP contribution is -2.32. The number of carbonyl (C=O) groups excluding carboxylic acids is 2. The quantitative estimate of drug-likeness (QED) is 0.165. The lowest BCUT2D eigenvalue weighted by atomic mass is 9.99. The number of nitrogens with one attached hydrogen (secondary N) is 1. The zero-order chi connectivity index (χ0) is 36.7. The number of carboxylic acids is 1. The molecule has 2 aliphatic rings. The number of hydrogen-bond acceptors (Lipinski definition) is 7. The highest BCUT2D eigenvalue weighted by Crippen LogP contribution is 2.39. The first-order chi connectivity index (χ1) is 25.0. The molecule has 268 valence electrons. The predicted molar refractivity (Wildman–Crippen MR) is 200 cm³/mol. The lowest BCUT2D eigenvalue weighted by Gasteiger charge is -2.26.